The minimum atomic E-state index is -3.90. The zero-order valence-corrected chi connectivity index (χ0v) is 11.2. The number of carbonyl (C=O) groups is 2. The molecule has 1 aliphatic rings. The summed E-state index contributed by atoms with van der Waals surface area (Å²) in [6, 6.07) is 7.65. The summed E-state index contributed by atoms with van der Waals surface area (Å²) in [5.41, 5.74) is 0.492. The van der Waals surface area contributed by atoms with E-state index < -0.39 is 21.8 Å². The lowest BCUT2D eigenvalue weighted by Gasteiger charge is -2.00. The van der Waals surface area contributed by atoms with Crippen LogP contribution in [0.1, 0.15) is 20.7 Å². The van der Waals surface area contributed by atoms with Crippen molar-refractivity contribution >= 4 is 21.8 Å². The molecule has 2 N–H and O–H groups in total. The van der Waals surface area contributed by atoms with Crippen LogP contribution in [0.15, 0.2) is 46.2 Å². The van der Waals surface area contributed by atoms with E-state index in [9.17, 15) is 18.0 Å². The van der Waals surface area contributed by atoms with E-state index in [1.54, 1.807) is 0 Å². The van der Waals surface area contributed by atoms with Crippen LogP contribution in [0.5, 0.6) is 0 Å². The van der Waals surface area contributed by atoms with Gasteiger partial charge in [0.15, 0.2) is 0 Å². The van der Waals surface area contributed by atoms with E-state index in [2.05, 4.69) is 0 Å². The van der Waals surface area contributed by atoms with Crippen LogP contribution in [-0.2, 0) is 9.84 Å². The van der Waals surface area contributed by atoms with Crippen molar-refractivity contribution in [3.63, 3.8) is 0 Å². The minimum Gasteiger partial charge on any atom is -0.478 e. The third kappa shape index (κ3) is 1.82. The Morgan fingerprint density at radius 3 is 1.48 bits per heavy atom. The van der Waals surface area contributed by atoms with Gasteiger partial charge in [0.25, 0.3) is 0 Å². The van der Waals surface area contributed by atoms with Crippen LogP contribution in [0.4, 0.5) is 0 Å². The second kappa shape index (κ2) is 4.16. The number of carboxylic acid groups (broad SMARTS) is 2. The van der Waals surface area contributed by atoms with Gasteiger partial charge in [-0.3, -0.25) is 0 Å². The molecule has 0 aromatic heterocycles. The van der Waals surface area contributed by atoms with Gasteiger partial charge in [-0.1, -0.05) is 12.1 Å². The lowest BCUT2D eigenvalue weighted by molar-refractivity contribution is 0.0686. The monoisotopic (exact) mass is 304 g/mol. The highest BCUT2D eigenvalue weighted by Crippen LogP contribution is 2.43. The molecule has 0 atom stereocenters. The van der Waals surface area contributed by atoms with Crippen molar-refractivity contribution < 1.29 is 28.2 Å². The van der Waals surface area contributed by atoms with Gasteiger partial charge in [0, 0.05) is 11.1 Å². The van der Waals surface area contributed by atoms with E-state index in [1.807, 2.05) is 0 Å². The van der Waals surface area contributed by atoms with Gasteiger partial charge in [-0.15, -0.1) is 0 Å². The fourth-order valence-electron chi connectivity index (χ4n) is 2.32. The Balaban J connectivity index is 2.32. The molecule has 0 fully saturated rings. The van der Waals surface area contributed by atoms with Crippen LogP contribution in [0.25, 0.3) is 11.1 Å². The zero-order valence-electron chi connectivity index (χ0n) is 10.4. The number of aromatic carboxylic acids is 2. The summed E-state index contributed by atoms with van der Waals surface area (Å²) in [5.74, 6) is -2.45. The number of hydrogen-bond acceptors (Lipinski definition) is 4. The molecule has 21 heavy (non-hydrogen) atoms. The van der Waals surface area contributed by atoms with E-state index in [0.29, 0.717) is 11.1 Å². The van der Waals surface area contributed by atoms with Gasteiger partial charge in [-0.05, 0) is 24.3 Å². The van der Waals surface area contributed by atoms with E-state index >= 15 is 0 Å². The number of hydrogen-bond donors (Lipinski definition) is 2. The summed E-state index contributed by atoms with van der Waals surface area (Å²) in [5, 5.41) is 17.9. The quantitative estimate of drug-likeness (QED) is 0.748. The summed E-state index contributed by atoms with van der Waals surface area (Å²) in [7, 11) is -3.90. The van der Waals surface area contributed by atoms with Gasteiger partial charge in [0.05, 0.1) is 20.9 Å². The molecular weight excluding hydrogens is 296 g/mol. The average Bonchev–Trinajstić information content (AvgIpc) is 2.67. The van der Waals surface area contributed by atoms with Crippen molar-refractivity contribution in [1.29, 1.82) is 0 Å². The van der Waals surface area contributed by atoms with Crippen LogP contribution in [0, 0.1) is 0 Å². The van der Waals surface area contributed by atoms with E-state index in [0.717, 1.165) is 12.1 Å². The Morgan fingerprint density at radius 2 is 1.14 bits per heavy atom. The standard InChI is InChI=1S/C14H8O6S/c15-13(16)7-1-3-9-10-4-2-8(14(17)18)6-12(10)21(19,20)11(9)5-7/h1-6H,(H,15,16)(H,17,18). The first-order valence-corrected chi connectivity index (χ1v) is 7.31. The van der Waals surface area contributed by atoms with Gasteiger partial charge >= 0.3 is 11.9 Å². The predicted octanol–water partition coefficient (Wildman–Crippen LogP) is 1.90. The lowest BCUT2D eigenvalue weighted by Crippen LogP contribution is -2.02. The molecule has 106 valence electrons. The summed E-state index contributed by atoms with van der Waals surface area (Å²) >= 11 is 0. The molecular formula is C14H8O6S. The SMILES string of the molecule is O=C(O)c1ccc2c(c1)S(=O)(=O)c1cc(C(=O)O)ccc1-2. The van der Waals surface area contributed by atoms with Gasteiger partial charge in [0.2, 0.25) is 9.84 Å². The molecule has 6 nitrogen and oxygen atoms in total. The lowest BCUT2D eigenvalue weighted by atomic mass is 10.0. The predicted molar refractivity (Wildman–Crippen MR) is 71.2 cm³/mol. The maximum atomic E-state index is 12.4. The highest BCUT2D eigenvalue weighted by atomic mass is 32.2. The Kier molecular flexibility index (Phi) is 2.64. The van der Waals surface area contributed by atoms with E-state index in [1.165, 1.54) is 24.3 Å². The topological polar surface area (TPSA) is 109 Å². The highest BCUT2D eigenvalue weighted by molar-refractivity contribution is 7.92. The van der Waals surface area contributed by atoms with Gasteiger partial charge < -0.3 is 10.2 Å². The van der Waals surface area contributed by atoms with Crippen LogP contribution in [-0.4, -0.2) is 30.6 Å². The van der Waals surface area contributed by atoms with Crippen molar-refractivity contribution in [2.75, 3.05) is 0 Å². The molecule has 0 radical (unpaired) electrons. The van der Waals surface area contributed by atoms with Gasteiger partial charge in [-0.2, -0.15) is 0 Å². The smallest absolute Gasteiger partial charge is 0.335 e. The Labute approximate surface area is 119 Å². The molecule has 0 bridgehead atoms. The zero-order chi connectivity index (χ0) is 15.4. The highest BCUT2D eigenvalue weighted by Gasteiger charge is 2.34. The third-order valence-corrected chi connectivity index (χ3v) is 5.16. The fraction of sp³-hybridized carbons (Fsp3) is 0. The van der Waals surface area contributed by atoms with E-state index in [4.69, 9.17) is 10.2 Å². The van der Waals surface area contributed by atoms with Crippen LogP contribution in [0.3, 0.4) is 0 Å². The van der Waals surface area contributed by atoms with Gasteiger partial charge in [-0.25, -0.2) is 18.0 Å². The summed E-state index contributed by atoms with van der Waals surface area (Å²) in [6.45, 7) is 0. The second-order valence-electron chi connectivity index (χ2n) is 4.54. The summed E-state index contributed by atoms with van der Waals surface area (Å²) < 4.78 is 24.9. The van der Waals surface area contributed by atoms with E-state index in [-0.39, 0.29) is 20.9 Å². The molecule has 1 aliphatic heterocycles. The Hall–Kier alpha value is -2.67. The average molecular weight is 304 g/mol. The number of fused-ring (bicyclic) bond motifs is 3. The first kappa shape index (κ1) is 13.3. The largest absolute Gasteiger partial charge is 0.478 e. The molecule has 3 rings (SSSR count). The van der Waals surface area contributed by atoms with Crippen molar-refractivity contribution in [2.24, 2.45) is 0 Å². The maximum absolute atomic E-state index is 12.4. The maximum Gasteiger partial charge on any atom is 0.335 e. The summed E-state index contributed by atoms with van der Waals surface area (Å²) in [4.78, 5) is 21.7. The first-order valence-electron chi connectivity index (χ1n) is 5.82. The van der Waals surface area contributed by atoms with Crippen LogP contribution >= 0.6 is 0 Å². The van der Waals surface area contributed by atoms with Crippen molar-refractivity contribution in [2.45, 2.75) is 9.79 Å². The molecule has 0 aliphatic carbocycles. The molecule has 1 heterocycles. The third-order valence-electron chi connectivity index (χ3n) is 3.33. The Bertz CT molecular complexity index is 842. The van der Waals surface area contributed by atoms with Crippen molar-refractivity contribution in [3.05, 3.63) is 47.5 Å². The molecule has 0 saturated carbocycles. The molecule has 0 spiro atoms. The number of benzene rings is 2. The fourth-order valence-corrected chi connectivity index (χ4v) is 4.06. The number of sulfone groups is 1. The minimum absolute atomic E-state index is 0.111. The van der Waals surface area contributed by atoms with Crippen molar-refractivity contribution in [3.8, 4) is 11.1 Å². The summed E-state index contributed by atoms with van der Waals surface area (Å²) in [6.07, 6.45) is 0. The number of carboxylic acids is 2. The van der Waals surface area contributed by atoms with Crippen LogP contribution in [0.2, 0.25) is 0 Å². The Morgan fingerprint density at radius 1 is 0.762 bits per heavy atom. The number of rotatable bonds is 2. The van der Waals surface area contributed by atoms with Crippen LogP contribution < -0.4 is 0 Å². The molecule has 2 aromatic rings. The molecule has 0 unspecified atom stereocenters. The molecule has 7 heteroatoms. The van der Waals surface area contributed by atoms with Crippen molar-refractivity contribution in [1.82, 2.24) is 0 Å². The normalized spacial score (nSPS) is 14.3. The molecule has 0 amide bonds. The first-order chi connectivity index (χ1) is 9.82. The van der Waals surface area contributed by atoms with Gasteiger partial charge in [0.1, 0.15) is 0 Å². The molecule has 0 saturated heterocycles. The molecule has 2 aromatic carbocycles. The second-order valence-corrected chi connectivity index (χ2v) is 6.42.